The zero-order chi connectivity index (χ0) is 15.2. The van der Waals surface area contributed by atoms with Crippen LogP contribution in [0.2, 0.25) is 0 Å². The van der Waals surface area contributed by atoms with E-state index >= 15 is 0 Å². The van der Waals surface area contributed by atoms with Crippen LogP contribution in [0.25, 0.3) is 10.4 Å². The van der Waals surface area contributed by atoms with E-state index in [4.69, 9.17) is 15.0 Å². The van der Waals surface area contributed by atoms with Crippen LogP contribution in [0.5, 0.6) is 5.75 Å². The van der Waals surface area contributed by atoms with Crippen molar-refractivity contribution in [1.29, 1.82) is 0 Å². The quantitative estimate of drug-likeness (QED) is 0.514. The van der Waals surface area contributed by atoms with Gasteiger partial charge in [0.2, 0.25) is 0 Å². The second-order valence-electron chi connectivity index (χ2n) is 5.04. The number of ether oxygens (including phenoxy) is 2. The van der Waals surface area contributed by atoms with Gasteiger partial charge in [-0.3, -0.25) is 5.32 Å². The first-order valence-electron chi connectivity index (χ1n) is 6.03. The lowest BCUT2D eigenvalue weighted by Gasteiger charge is -2.20. The molecule has 108 valence electrons. The van der Waals surface area contributed by atoms with Gasteiger partial charge in [-0.15, -0.1) is 0 Å². The van der Waals surface area contributed by atoms with Crippen molar-refractivity contribution in [3.8, 4) is 5.75 Å². The van der Waals surface area contributed by atoms with Gasteiger partial charge in [-0.1, -0.05) is 11.2 Å². The summed E-state index contributed by atoms with van der Waals surface area (Å²) in [5.41, 5.74) is 9.04. The van der Waals surface area contributed by atoms with Crippen molar-refractivity contribution in [3.05, 3.63) is 34.2 Å². The number of hydrogen-bond donors (Lipinski definition) is 1. The smallest absolute Gasteiger partial charge is 0.412 e. The highest BCUT2D eigenvalue weighted by Crippen LogP contribution is 2.24. The second-order valence-corrected chi connectivity index (χ2v) is 5.04. The molecule has 1 amide bonds. The molecule has 0 radical (unpaired) electrons. The number of rotatable bonds is 4. The Kier molecular flexibility index (Phi) is 5.23. The molecule has 0 aromatic heterocycles. The van der Waals surface area contributed by atoms with Gasteiger partial charge in [0.1, 0.15) is 11.4 Å². The Labute approximate surface area is 117 Å². The summed E-state index contributed by atoms with van der Waals surface area (Å²) in [4.78, 5) is 14.3. The summed E-state index contributed by atoms with van der Waals surface area (Å²) in [7, 11) is 1.51. The predicted octanol–water partition coefficient (Wildman–Crippen LogP) is 3.85. The number of hydrogen-bond acceptors (Lipinski definition) is 4. The average molecular weight is 278 g/mol. The normalized spacial score (nSPS) is 10.4. The van der Waals surface area contributed by atoms with Gasteiger partial charge in [0.15, 0.2) is 0 Å². The largest absolute Gasteiger partial charge is 0.496 e. The van der Waals surface area contributed by atoms with Crippen LogP contribution in [-0.2, 0) is 11.3 Å². The van der Waals surface area contributed by atoms with Gasteiger partial charge in [-0.05, 0) is 32.4 Å². The lowest BCUT2D eigenvalue weighted by atomic mass is 10.2. The Morgan fingerprint density at radius 1 is 1.45 bits per heavy atom. The fourth-order valence-corrected chi connectivity index (χ4v) is 1.48. The van der Waals surface area contributed by atoms with E-state index in [0.717, 1.165) is 5.56 Å². The van der Waals surface area contributed by atoms with E-state index in [1.165, 1.54) is 7.11 Å². The highest BCUT2D eigenvalue weighted by Gasteiger charge is 2.16. The summed E-state index contributed by atoms with van der Waals surface area (Å²) in [5.74, 6) is 0.533. The molecule has 0 unspecified atom stereocenters. The highest BCUT2D eigenvalue weighted by atomic mass is 16.6. The molecular weight excluding hydrogens is 260 g/mol. The zero-order valence-electron chi connectivity index (χ0n) is 12.0. The van der Waals surface area contributed by atoms with Crippen molar-refractivity contribution < 1.29 is 14.3 Å². The number of carbonyl (C=O) groups excluding carboxylic acids is 1. The summed E-state index contributed by atoms with van der Waals surface area (Å²) in [5, 5.41) is 6.09. The molecule has 0 fully saturated rings. The minimum atomic E-state index is -0.560. The maximum atomic E-state index is 11.6. The van der Waals surface area contributed by atoms with Gasteiger partial charge in [0.25, 0.3) is 0 Å². The van der Waals surface area contributed by atoms with Crippen LogP contribution >= 0.6 is 0 Å². The number of anilines is 1. The average Bonchev–Trinajstić information content (AvgIpc) is 2.34. The molecule has 0 aliphatic carbocycles. The maximum Gasteiger partial charge on any atom is 0.412 e. The van der Waals surface area contributed by atoms with E-state index in [2.05, 4.69) is 15.3 Å². The van der Waals surface area contributed by atoms with Gasteiger partial charge in [0, 0.05) is 22.2 Å². The molecule has 1 N–H and O–H groups in total. The van der Waals surface area contributed by atoms with Crippen molar-refractivity contribution in [2.24, 2.45) is 5.11 Å². The van der Waals surface area contributed by atoms with E-state index < -0.39 is 11.7 Å². The number of nitrogens with one attached hydrogen (secondary N) is 1. The molecule has 7 nitrogen and oxygen atoms in total. The molecule has 20 heavy (non-hydrogen) atoms. The van der Waals surface area contributed by atoms with Gasteiger partial charge < -0.3 is 9.47 Å². The lowest BCUT2D eigenvalue weighted by molar-refractivity contribution is 0.0636. The van der Waals surface area contributed by atoms with Crippen molar-refractivity contribution in [1.82, 2.24) is 0 Å². The van der Waals surface area contributed by atoms with E-state index in [1.807, 2.05) is 0 Å². The Morgan fingerprint density at radius 2 is 2.15 bits per heavy atom. The van der Waals surface area contributed by atoms with Crippen molar-refractivity contribution in [2.45, 2.75) is 32.9 Å². The van der Waals surface area contributed by atoms with E-state index in [-0.39, 0.29) is 6.54 Å². The predicted molar refractivity (Wildman–Crippen MR) is 75.7 cm³/mol. The standard InChI is InChI=1S/C13H18N4O3/c1-13(2,3)20-12(18)16-10-6-5-9(8-15-17-14)11(7-10)19-4/h5-7H,8H2,1-4H3,(H,16,18). The van der Waals surface area contributed by atoms with Gasteiger partial charge in [0.05, 0.1) is 13.7 Å². The van der Waals surface area contributed by atoms with Crippen LogP contribution < -0.4 is 10.1 Å². The molecule has 0 aliphatic heterocycles. The zero-order valence-corrected chi connectivity index (χ0v) is 12.0. The minimum absolute atomic E-state index is 0.187. The molecule has 0 saturated heterocycles. The first-order chi connectivity index (χ1) is 9.35. The fraction of sp³-hybridized carbons (Fsp3) is 0.462. The third kappa shape index (κ3) is 5.07. The molecule has 0 bridgehead atoms. The molecule has 0 atom stereocenters. The molecule has 7 heteroatoms. The van der Waals surface area contributed by atoms with Crippen LogP contribution in [0.3, 0.4) is 0 Å². The fourth-order valence-electron chi connectivity index (χ4n) is 1.48. The number of azide groups is 1. The molecule has 0 aliphatic rings. The van der Waals surface area contributed by atoms with Crippen LogP contribution in [0, 0.1) is 0 Å². The van der Waals surface area contributed by atoms with E-state index in [9.17, 15) is 4.79 Å². The third-order valence-electron chi connectivity index (χ3n) is 2.24. The van der Waals surface area contributed by atoms with E-state index in [1.54, 1.807) is 39.0 Å². The molecule has 0 spiro atoms. The first-order valence-corrected chi connectivity index (χ1v) is 6.03. The number of carbonyl (C=O) groups is 1. The molecule has 0 heterocycles. The van der Waals surface area contributed by atoms with E-state index in [0.29, 0.717) is 11.4 Å². The second kappa shape index (κ2) is 6.68. The number of nitrogens with zero attached hydrogens (tertiary/aromatic N) is 3. The maximum absolute atomic E-state index is 11.6. The summed E-state index contributed by atoms with van der Waals surface area (Å²) in [6.07, 6.45) is -0.539. The summed E-state index contributed by atoms with van der Waals surface area (Å²) in [6.45, 7) is 5.55. The van der Waals surface area contributed by atoms with Crippen LogP contribution in [-0.4, -0.2) is 18.8 Å². The molecule has 0 saturated carbocycles. The Hall–Kier alpha value is -2.40. The molecular formula is C13H18N4O3. The Morgan fingerprint density at radius 3 is 2.70 bits per heavy atom. The number of benzene rings is 1. The summed E-state index contributed by atoms with van der Waals surface area (Å²) in [6, 6.07) is 5.06. The van der Waals surface area contributed by atoms with Crippen LogP contribution in [0.4, 0.5) is 10.5 Å². The summed E-state index contributed by atoms with van der Waals surface area (Å²) >= 11 is 0. The SMILES string of the molecule is COc1cc(NC(=O)OC(C)(C)C)ccc1CN=[N+]=[N-]. The first kappa shape index (κ1) is 15.7. The van der Waals surface area contributed by atoms with Crippen molar-refractivity contribution in [2.75, 3.05) is 12.4 Å². The van der Waals surface area contributed by atoms with Gasteiger partial charge >= 0.3 is 6.09 Å². The Bertz CT molecular complexity index is 531. The lowest BCUT2D eigenvalue weighted by Crippen LogP contribution is -2.27. The van der Waals surface area contributed by atoms with Crippen molar-refractivity contribution >= 4 is 11.8 Å². The molecule has 1 rings (SSSR count). The molecule has 1 aromatic carbocycles. The number of amides is 1. The monoisotopic (exact) mass is 278 g/mol. The van der Waals surface area contributed by atoms with Crippen LogP contribution in [0.15, 0.2) is 23.3 Å². The topological polar surface area (TPSA) is 96.3 Å². The summed E-state index contributed by atoms with van der Waals surface area (Å²) < 4.78 is 10.3. The van der Waals surface area contributed by atoms with Gasteiger partial charge in [-0.2, -0.15) is 0 Å². The highest BCUT2D eigenvalue weighted by molar-refractivity contribution is 5.85. The van der Waals surface area contributed by atoms with Gasteiger partial charge in [-0.25, -0.2) is 4.79 Å². The van der Waals surface area contributed by atoms with Crippen LogP contribution in [0.1, 0.15) is 26.3 Å². The third-order valence-corrected chi connectivity index (χ3v) is 2.24. The Balaban J connectivity index is 2.82. The minimum Gasteiger partial charge on any atom is -0.496 e. The van der Waals surface area contributed by atoms with Crippen molar-refractivity contribution in [3.63, 3.8) is 0 Å². The molecule has 1 aromatic rings. The number of methoxy groups -OCH3 is 1.